The molecule has 0 aliphatic carbocycles. The molecule has 0 aromatic heterocycles. The maximum absolute atomic E-state index is 8.85. The number of nitrogens with zero attached hydrogens (tertiary/aromatic N) is 1. The predicted molar refractivity (Wildman–Crippen MR) is 75.6 cm³/mol. The number of aliphatic hydroxyl groups is 1. The molecule has 0 unspecified atom stereocenters. The van der Waals surface area contributed by atoms with Crippen LogP contribution in [-0.2, 0) is 6.42 Å². The molecule has 0 amide bonds. The summed E-state index contributed by atoms with van der Waals surface area (Å²) in [7, 11) is 0. The fourth-order valence-corrected chi connectivity index (χ4v) is 2.81. The summed E-state index contributed by atoms with van der Waals surface area (Å²) in [4.78, 5) is 2.59. The monoisotopic (exact) mass is 247 g/mol. The molecule has 1 saturated heterocycles. The summed E-state index contributed by atoms with van der Waals surface area (Å²) in [5, 5.41) is 8.85. The van der Waals surface area contributed by atoms with Crippen molar-refractivity contribution in [2.45, 2.75) is 32.1 Å². The molecular weight excluding hydrogens is 222 g/mol. The van der Waals surface area contributed by atoms with E-state index in [4.69, 9.17) is 5.11 Å². The van der Waals surface area contributed by atoms with Gasteiger partial charge in [0.15, 0.2) is 0 Å². The number of aliphatic hydroxyl groups excluding tert-OH is 1. The van der Waals surface area contributed by atoms with E-state index in [1.54, 1.807) is 0 Å². The average Bonchev–Trinajstić information content (AvgIpc) is 2.45. The van der Waals surface area contributed by atoms with Crippen molar-refractivity contribution in [3.05, 3.63) is 35.9 Å². The van der Waals surface area contributed by atoms with Gasteiger partial charge >= 0.3 is 0 Å². The van der Waals surface area contributed by atoms with Crippen molar-refractivity contribution in [1.29, 1.82) is 0 Å². The normalized spacial score (nSPS) is 18.1. The van der Waals surface area contributed by atoms with Crippen molar-refractivity contribution in [2.24, 2.45) is 5.92 Å². The Bertz CT molecular complexity index is 317. The average molecular weight is 247 g/mol. The summed E-state index contributed by atoms with van der Waals surface area (Å²) in [5.41, 5.74) is 1.44. The molecule has 0 atom stereocenters. The lowest BCUT2D eigenvalue weighted by molar-refractivity contribution is 0.171. The molecule has 1 fully saturated rings. The molecular formula is C16H25NO. The summed E-state index contributed by atoms with van der Waals surface area (Å²) < 4.78 is 0. The van der Waals surface area contributed by atoms with E-state index in [2.05, 4.69) is 35.2 Å². The Morgan fingerprint density at radius 1 is 1.11 bits per heavy atom. The number of rotatable bonds is 6. The van der Waals surface area contributed by atoms with E-state index in [0.717, 1.165) is 12.3 Å². The molecule has 1 aliphatic heterocycles. The van der Waals surface area contributed by atoms with Crippen LogP contribution in [0.15, 0.2) is 30.3 Å². The summed E-state index contributed by atoms with van der Waals surface area (Å²) >= 11 is 0. The zero-order valence-corrected chi connectivity index (χ0v) is 11.2. The van der Waals surface area contributed by atoms with Gasteiger partial charge in [0.1, 0.15) is 0 Å². The van der Waals surface area contributed by atoms with E-state index < -0.39 is 0 Å². The molecule has 100 valence electrons. The molecule has 1 aliphatic rings. The third-order valence-electron chi connectivity index (χ3n) is 4.04. The van der Waals surface area contributed by atoms with Crippen molar-refractivity contribution in [2.75, 3.05) is 26.2 Å². The minimum atomic E-state index is 0.355. The second-order valence-corrected chi connectivity index (χ2v) is 5.39. The Labute approximate surface area is 111 Å². The SMILES string of the molecule is OCCCC1CCN(CCc2ccccc2)CC1. The number of hydrogen-bond donors (Lipinski definition) is 1. The van der Waals surface area contributed by atoms with Crippen LogP contribution < -0.4 is 0 Å². The Hall–Kier alpha value is -0.860. The van der Waals surface area contributed by atoms with Crippen LogP contribution in [0.2, 0.25) is 0 Å². The molecule has 1 aromatic carbocycles. The molecule has 0 spiro atoms. The number of likely N-dealkylation sites (tertiary alicyclic amines) is 1. The van der Waals surface area contributed by atoms with Gasteiger partial charge in [0, 0.05) is 13.2 Å². The van der Waals surface area contributed by atoms with Crippen LogP contribution in [0.4, 0.5) is 0 Å². The molecule has 1 heterocycles. The maximum atomic E-state index is 8.85. The van der Waals surface area contributed by atoms with Crippen LogP contribution in [0.1, 0.15) is 31.2 Å². The van der Waals surface area contributed by atoms with Gasteiger partial charge in [-0.15, -0.1) is 0 Å². The standard InChI is InChI=1S/C16H25NO/c18-14-4-7-16-9-12-17(13-10-16)11-8-15-5-2-1-3-6-15/h1-3,5-6,16,18H,4,7-14H2. The third kappa shape index (κ3) is 4.43. The van der Waals surface area contributed by atoms with Crippen molar-refractivity contribution >= 4 is 0 Å². The van der Waals surface area contributed by atoms with E-state index in [1.807, 2.05) is 0 Å². The largest absolute Gasteiger partial charge is 0.396 e. The van der Waals surface area contributed by atoms with E-state index in [1.165, 1.54) is 50.9 Å². The lowest BCUT2D eigenvalue weighted by Crippen LogP contribution is -2.35. The zero-order valence-electron chi connectivity index (χ0n) is 11.2. The van der Waals surface area contributed by atoms with E-state index in [0.29, 0.717) is 6.61 Å². The first-order chi connectivity index (χ1) is 8.88. The van der Waals surface area contributed by atoms with Crippen LogP contribution in [-0.4, -0.2) is 36.2 Å². The highest BCUT2D eigenvalue weighted by Gasteiger charge is 2.18. The second-order valence-electron chi connectivity index (χ2n) is 5.39. The molecule has 1 N–H and O–H groups in total. The quantitative estimate of drug-likeness (QED) is 0.835. The van der Waals surface area contributed by atoms with E-state index in [9.17, 15) is 0 Å². The highest BCUT2D eigenvalue weighted by Crippen LogP contribution is 2.21. The topological polar surface area (TPSA) is 23.5 Å². The highest BCUT2D eigenvalue weighted by molar-refractivity contribution is 5.14. The predicted octanol–water partition coefficient (Wildman–Crippen LogP) is 2.71. The third-order valence-corrected chi connectivity index (χ3v) is 4.04. The van der Waals surface area contributed by atoms with Crippen LogP contribution in [0.3, 0.4) is 0 Å². The van der Waals surface area contributed by atoms with Gasteiger partial charge < -0.3 is 10.0 Å². The molecule has 2 nitrogen and oxygen atoms in total. The number of hydrogen-bond acceptors (Lipinski definition) is 2. The van der Waals surface area contributed by atoms with Crippen LogP contribution in [0.25, 0.3) is 0 Å². The van der Waals surface area contributed by atoms with Crippen LogP contribution in [0.5, 0.6) is 0 Å². The van der Waals surface area contributed by atoms with Gasteiger partial charge in [0.25, 0.3) is 0 Å². The molecule has 0 bridgehead atoms. The number of benzene rings is 1. The summed E-state index contributed by atoms with van der Waals surface area (Å²) in [6.07, 6.45) is 5.99. The van der Waals surface area contributed by atoms with Gasteiger partial charge in [-0.1, -0.05) is 30.3 Å². The smallest absolute Gasteiger partial charge is 0.0431 e. The van der Waals surface area contributed by atoms with Gasteiger partial charge in [-0.2, -0.15) is 0 Å². The van der Waals surface area contributed by atoms with Gasteiger partial charge in [0.2, 0.25) is 0 Å². The first kappa shape index (κ1) is 13.6. The minimum Gasteiger partial charge on any atom is -0.396 e. The molecule has 0 radical (unpaired) electrons. The van der Waals surface area contributed by atoms with E-state index >= 15 is 0 Å². The van der Waals surface area contributed by atoms with Crippen LogP contribution >= 0.6 is 0 Å². The van der Waals surface area contributed by atoms with Crippen molar-refractivity contribution in [3.8, 4) is 0 Å². The first-order valence-electron chi connectivity index (χ1n) is 7.25. The van der Waals surface area contributed by atoms with E-state index in [-0.39, 0.29) is 0 Å². The van der Waals surface area contributed by atoms with Gasteiger partial charge in [-0.3, -0.25) is 0 Å². The molecule has 1 aromatic rings. The van der Waals surface area contributed by atoms with Crippen molar-refractivity contribution in [1.82, 2.24) is 4.90 Å². The Morgan fingerprint density at radius 3 is 2.50 bits per heavy atom. The van der Waals surface area contributed by atoms with Crippen molar-refractivity contribution < 1.29 is 5.11 Å². The van der Waals surface area contributed by atoms with Crippen LogP contribution in [0, 0.1) is 5.92 Å². The molecule has 18 heavy (non-hydrogen) atoms. The minimum absolute atomic E-state index is 0.355. The Balaban J connectivity index is 1.65. The Kier molecular flexibility index (Phi) is 5.69. The molecule has 0 saturated carbocycles. The van der Waals surface area contributed by atoms with Gasteiger partial charge in [0.05, 0.1) is 0 Å². The number of piperidine rings is 1. The fourth-order valence-electron chi connectivity index (χ4n) is 2.81. The Morgan fingerprint density at radius 2 is 1.83 bits per heavy atom. The summed E-state index contributed by atoms with van der Waals surface area (Å²) in [5.74, 6) is 0.852. The maximum Gasteiger partial charge on any atom is 0.0431 e. The lowest BCUT2D eigenvalue weighted by Gasteiger charge is -2.31. The zero-order chi connectivity index (χ0) is 12.6. The highest BCUT2D eigenvalue weighted by atomic mass is 16.2. The first-order valence-corrected chi connectivity index (χ1v) is 7.25. The second kappa shape index (κ2) is 7.55. The van der Waals surface area contributed by atoms with Crippen molar-refractivity contribution in [3.63, 3.8) is 0 Å². The van der Waals surface area contributed by atoms with Gasteiger partial charge in [-0.25, -0.2) is 0 Å². The van der Waals surface area contributed by atoms with Gasteiger partial charge in [-0.05, 0) is 56.7 Å². The molecule has 2 rings (SSSR count). The summed E-state index contributed by atoms with van der Waals surface area (Å²) in [6, 6.07) is 10.8. The molecule has 2 heteroatoms. The summed E-state index contributed by atoms with van der Waals surface area (Å²) in [6.45, 7) is 4.02. The lowest BCUT2D eigenvalue weighted by atomic mass is 9.92. The fraction of sp³-hybridized carbons (Fsp3) is 0.625.